The molecule has 128 valence electrons. The van der Waals surface area contributed by atoms with Gasteiger partial charge >= 0.3 is 0 Å². The number of methoxy groups -OCH3 is 2. The minimum absolute atomic E-state index is 0.0228. The highest BCUT2D eigenvalue weighted by molar-refractivity contribution is 6.30. The number of halogens is 1. The monoisotopic (exact) mass is 347 g/mol. The first-order valence-corrected chi connectivity index (χ1v) is 8.17. The molecule has 0 aliphatic rings. The first-order chi connectivity index (χ1) is 11.5. The number of rotatable bonds is 7. The van der Waals surface area contributed by atoms with E-state index in [0.717, 1.165) is 22.6 Å². The Morgan fingerprint density at radius 1 is 1.08 bits per heavy atom. The molecule has 4 nitrogen and oxygen atoms in total. The largest absolute Gasteiger partial charge is 0.496 e. The third-order valence-corrected chi connectivity index (χ3v) is 4.13. The number of hydrogen-bond donors (Lipinski definition) is 1. The Kier molecular flexibility index (Phi) is 6.50. The molecule has 5 heteroatoms. The number of ether oxygens (including phenoxy) is 2. The van der Waals surface area contributed by atoms with E-state index in [0.29, 0.717) is 17.9 Å². The van der Waals surface area contributed by atoms with Gasteiger partial charge in [-0.05, 0) is 43.2 Å². The van der Waals surface area contributed by atoms with E-state index in [2.05, 4.69) is 5.32 Å². The van der Waals surface area contributed by atoms with Crippen LogP contribution in [0.4, 0.5) is 0 Å². The van der Waals surface area contributed by atoms with Gasteiger partial charge < -0.3 is 14.8 Å². The second kappa shape index (κ2) is 8.60. The van der Waals surface area contributed by atoms with Crippen LogP contribution in [0.15, 0.2) is 42.5 Å². The van der Waals surface area contributed by atoms with E-state index in [-0.39, 0.29) is 11.9 Å². The van der Waals surface area contributed by atoms with Crippen molar-refractivity contribution in [2.45, 2.75) is 25.8 Å². The average Bonchev–Trinajstić information content (AvgIpc) is 2.59. The summed E-state index contributed by atoms with van der Waals surface area (Å²) in [7, 11) is 3.22. The van der Waals surface area contributed by atoms with E-state index >= 15 is 0 Å². The molecule has 2 aromatic carbocycles. The Hall–Kier alpha value is -2.20. The van der Waals surface area contributed by atoms with Crippen LogP contribution in [-0.2, 0) is 11.2 Å². The molecule has 0 fully saturated rings. The van der Waals surface area contributed by atoms with Gasteiger partial charge in [0.05, 0.1) is 20.3 Å². The van der Waals surface area contributed by atoms with Crippen LogP contribution >= 0.6 is 11.6 Å². The number of hydrogen-bond acceptors (Lipinski definition) is 3. The maximum absolute atomic E-state index is 12.2. The Morgan fingerprint density at radius 2 is 1.67 bits per heavy atom. The lowest BCUT2D eigenvalue weighted by atomic mass is 10.1. The van der Waals surface area contributed by atoms with Crippen molar-refractivity contribution in [1.82, 2.24) is 5.32 Å². The molecule has 1 atom stereocenters. The highest BCUT2D eigenvalue weighted by Gasteiger charge is 2.14. The van der Waals surface area contributed by atoms with Crippen molar-refractivity contribution in [1.29, 1.82) is 0 Å². The fourth-order valence-corrected chi connectivity index (χ4v) is 2.69. The molecule has 1 amide bonds. The molecule has 1 unspecified atom stereocenters. The van der Waals surface area contributed by atoms with Crippen LogP contribution in [0.2, 0.25) is 5.02 Å². The lowest BCUT2D eigenvalue weighted by Gasteiger charge is -2.16. The van der Waals surface area contributed by atoms with Crippen molar-refractivity contribution in [2.75, 3.05) is 14.2 Å². The molecule has 0 saturated carbocycles. The molecule has 24 heavy (non-hydrogen) atoms. The van der Waals surface area contributed by atoms with E-state index in [1.165, 1.54) is 0 Å². The van der Waals surface area contributed by atoms with Crippen LogP contribution in [0.1, 0.15) is 30.5 Å². The summed E-state index contributed by atoms with van der Waals surface area (Å²) in [6.45, 7) is 1.95. The smallest absolute Gasteiger partial charge is 0.220 e. The van der Waals surface area contributed by atoms with Gasteiger partial charge in [-0.3, -0.25) is 4.79 Å². The van der Waals surface area contributed by atoms with Gasteiger partial charge in [-0.1, -0.05) is 29.8 Å². The molecule has 1 N–H and O–H groups in total. The summed E-state index contributed by atoms with van der Waals surface area (Å²) in [5.41, 5.74) is 1.92. The Balaban J connectivity index is 1.97. The quantitative estimate of drug-likeness (QED) is 0.817. The van der Waals surface area contributed by atoms with Crippen molar-refractivity contribution in [3.63, 3.8) is 0 Å². The summed E-state index contributed by atoms with van der Waals surface area (Å²) in [4.78, 5) is 12.2. The van der Waals surface area contributed by atoms with E-state index in [1.807, 2.05) is 49.4 Å². The third-order valence-electron chi connectivity index (χ3n) is 3.88. The average molecular weight is 348 g/mol. The van der Waals surface area contributed by atoms with E-state index in [1.54, 1.807) is 14.2 Å². The summed E-state index contributed by atoms with van der Waals surface area (Å²) >= 11 is 5.89. The zero-order chi connectivity index (χ0) is 17.5. The lowest BCUT2D eigenvalue weighted by molar-refractivity contribution is -0.121. The highest BCUT2D eigenvalue weighted by Crippen LogP contribution is 2.29. The molecule has 0 spiro atoms. The summed E-state index contributed by atoms with van der Waals surface area (Å²) in [5, 5.41) is 3.68. The molecule has 0 radical (unpaired) electrons. The van der Waals surface area contributed by atoms with Crippen LogP contribution in [0.3, 0.4) is 0 Å². The zero-order valence-corrected chi connectivity index (χ0v) is 14.9. The normalized spacial score (nSPS) is 11.7. The molecule has 0 aromatic heterocycles. The third kappa shape index (κ3) is 4.65. The van der Waals surface area contributed by atoms with Gasteiger partial charge in [0.15, 0.2) is 0 Å². The predicted molar refractivity (Wildman–Crippen MR) is 95.9 cm³/mol. The molecule has 2 rings (SSSR count). The molecule has 0 aliphatic carbocycles. The second-order valence-electron chi connectivity index (χ2n) is 5.48. The summed E-state index contributed by atoms with van der Waals surface area (Å²) < 4.78 is 10.7. The van der Waals surface area contributed by atoms with Gasteiger partial charge in [0.2, 0.25) is 5.91 Å². The van der Waals surface area contributed by atoms with Crippen molar-refractivity contribution in [2.24, 2.45) is 0 Å². The summed E-state index contributed by atoms with van der Waals surface area (Å²) in [6.07, 6.45) is 0.904. The number of carbonyl (C=O) groups excluding carboxylic acids is 1. The zero-order valence-electron chi connectivity index (χ0n) is 14.1. The number of amides is 1. The molecular formula is C19H22ClNO3. The molecule has 0 bridgehead atoms. The van der Waals surface area contributed by atoms with Gasteiger partial charge in [-0.15, -0.1) is 0 Å². The Labute approximate surface area is 147 Å². The minimum Gasteiger partial charge on any atom is -0.496 e. The van der Waals surface area contributed by atoms with Gasteiger partial charge in [-0.25, -0.2) is 0 Å². The van der Waals surface area contributed by atoms with Crippen molar-refractivity contribution >= 4 is 17.5 Å². The highest BCUT2D eigenvalue weighted by atomic mass is 35.5. The number of nitrogens with one attached hydrogen (secondary N) is 1. The molecule has 2 aromatic rings. The van der Waals surface area contributed by atoms with Crippen molar-refractivity contribution in [3.05, 3.63) is 58.6 Å². The van der Waals surface area contributed by atoms with Gasteiger partial charge in [-0.2, -0.15) is 0 Å². The van der Waals surface area contributed by atoms with E-state index in [4.69, 9.17) is 21.1 Å². The van der Waals surface area contributed by atoms with Crippen LogP contribution in [-0.4, -0.2) is 20.1 Å². The number of carbonyl (C=O) groups is 1. The fourth-order valence-electron chi connectivity index (χ4n) is 2.56. The molecule has 0 heterocycles. The molecular weight excluding hydrogens is 326 g/mol. The van der Waals surface area contributed by atoms with Crippen LogP contribution in [0, 0.1) is 0 Å². The predicted octanol–water partition coefficient (Wildman–Crippen LogP) is 4.17. The Bertz CT molecular complexity index is 663. The maximum Gasteiger partial charge on any atom is 0.220 e. The van der Waals surface area contributed by atoms with Gasteiger partial charge in [0.1, 0.15) is 11.5 Å². The van der Waals surface area contributed by atoms with Crippen molar-refractivity contribution in [3.8, 4) is 11.5 Å². The van der Waals surface area contributed by atoms with Crippen molar-refractivity contribution < 1.29 is 14.3 Å². The second-order valence-corrected chi connectivity index (χ2v) is 5.92. The number of benzene rings is 2. The van der Waals surface area contributed by atoms with E-state index < -0.39 is 0 Å². The van der Waals surface area contributed by atoms with Gasteiger partial charge in [0.25, 0.3) is 0 Å². The first-order valence-electron chi connectivity index (χ1n) is 7.80. The SMILES string of the molecule is COc1cccc(OC)c1CCC(=O)NC(C)c1ccc(Cl)cc1. The standard InChI is InChI=1S/C19H22ClNO3/c1-13(14-7-9-15(20)10-8-14)21-19(22)12-11-16-17(23-2)5-4-6-18(16)24-3/h4-10,13H,11-12H2,1-3H3,(H,21,22). The first kappa shape index (κ1) is 18.1. The minimum atomic E-state index is -0.0747. The summed E-state index contributed by atoms with van der Waals surface area (Å²) in [6, 6.07) is 13.0. The Morgan fingerprint density at radius 3 is 2.21 bits per heavy atom. The summed E-state index contributed by atoms with van der Waals surface area (Å²) in [5.74, 6) is 1.44. The van der Waals surface area contributed by atoms with Crippen LogP contribution in [0.25, 0.3) is 0 Å². The lowest BCUT2D eigenvalue weighted by Crippen LogP contribution is -2.26. The molecule has 0 saturated heterocycles. The van der Waals surface area contributed by atoms with E-state index in [9.17, 15) is 4.79 Å². The topological polar surface area (TPSA) is 47.6 Å². The van der Waals surface area contributed by atoms with Crippen LogP contribution < -0.4 is 14.8 Å². The fraction of sp³-hybridized carbons (Fsp3) is 0.316. The van der Waals surface area contributed by atoms with Crippen LogP contribution in [0.5, 0.6) is 11.5 Å². The van der Waals surface area contributed by atoms with Gasteiger partial charge in [0, 0.05) is 17.0 Å². The maximum atomic E-state index is 12.2. The molecule has 0 aliphatic heterocycles.